The van der Waals surface area contributed by atoms with Gasteiger partial charge in [-0.25, -0.2) is 4.39 Å². The van der Waals surface area contributed by atoms with Crippen LogP contribution in [0.1, 0.15) is 27.7 Å². The molecule has 164 valence electrons. The molecule has 1 aliphatic heterocycles. The van der Waals surface area contributed by atoms with Crippen molar-refractivity contribution in [2.24, 2.45) is 0 Å². The fourth-order valence-corrected chi connectivity index (χ4v) is 4.90. The zero-order chi connectivity index (χ0) is 22.1. The second kappa shape index (κ2) is 9.16. The van der Waals surface area contributed by atoms with Gasteiger partial charge in [0, 0.05) is 16.2 Å². The van der Waals surface area contributed by atoms with E-state index in [9.17, 15) is 24.8 Å². The van der Waals surface area contributed by atoms with Crippen LogP contribution in [0, 0.1) is 12.7 Å². The molecule has 5 atom stereocenters. The summed E-state index contributed by atoms with van der Waals surface area (Å²) in [6.07, 6.45) is -5.21. The van der Waals surface area contributed by atoms with Crippen molar-refractivity contribution in [3.63, 3.8) is 0 Å². The molecule has 1 aliphatic rings. The van der Waals surface area contributed by atoms with Crippen LogP contribution in [0.25, 0.3) is 10.4 Å². The molecule has 0 amide bonds. The van der Waals surface area contributed by atoms with Crippen LogP contribution in [0.15, 0.2) is 54.6 Å². The zero-order valence-electron chi connectivity index (χ0n) is 17.0. The molecule has 1 fully saturated rings. The van der Waals surface area contributed by atoms with Crippen molar-refractivity contribution in [3.05, 3.63) is 82.0 Å². The lowest BCUT2D eigenvalue weighted by Gasteiger charge is -2.40. The van der Waals surface area contributed by atoms with E-state index in [0.717, 1.165) is 26.4 Å². The van der Waals surface area contributed by atoms with Crippen LogP contribution >= 0.6 is 11.3 Å². The number of thiophene rings is 1. The third-order valence-corrected chi connectivity index (χ3v) is 6.88. The highest BCUT2D eigenvalue weighted by molar-refractivity contribution is 7.15. The van der Waals surface area contributed by atoms with Gasteiger partial charge in [-0.2, -0.15) is 0 Å². The second-order valence-electron chi connectivity index (χ2n) is 7.89. The number of rotatable bonds is 5. The molecular weight excluding hydrogens is 419 g/mol. The van der Waals surface area contributed by atoms with Gasteiger partial charge in [0.25, 0.3) is 0 Å². The Morgan fingerprint density at radius 1 is 0.935 bits per heavy atom. The van der Waals surface area contributed by atoms with E-state index in [4.69, 9.17) is 4.74 Å². The SMILES string of the molecule is Cc1ccc([C@@H]2O[C@H](CO)[C@@H](O)[C@@H](O)[C@H]2O)cc1Cc1ccc(-c2ccc(F)cc2)s1. The maximum Gasteiger partial charge on any atom is 0.123 e. The van der Waals surface area contributed by atoms with E-state index >= 15 is 0 Å². The number of aryl methyl sites for hydroxylation is 1. The Bertz CT molecular complexity index is 1030. The largest absolute Gasteiger partial charge is 0.394 e. The molecular formula is C24H25FO5S. The van der Waals surface area contributed by atoms with Crippen LogP contribution in [0.4, 0.5) is 4.39 Å². The highest BCUT2D eigenvalue weighted by atomic mass is 32.1. The Morgan fingerprint density at radius 3 is 2.39 bits per heavy atom. The standard InChI is InChI=1S/C24H25FO5S/c1-13-2-3-15(24-23(29)22(28)21(27)19(12-26)30-24)10-16(13)11-18-8-9-20(31-18)14-4-6-17(25)7-5-14/h2-10,19,21-24,26-29H,11-12H2,1H3/t19-,21-,22-,23-,24+/m1/s1. The third-order valence-electron chi connectivity index (χ3n) is 5.75. The number of aliphatic hydroxyl groups is 4. The predicted octanol–water partition coefficient (Wildman–Crippen LogP) is 2.97. The van der Waals surface area contributed by atoms with Crippen LogP contribution < -0.4 is 0 Å². The van der Waals surface area contributed by atoms with Gasteiger partial charge in [0.05, 0.1) is 6.61 Å². The average Bonchev–Trinajstić information content (AvgIpc) is 3.23. The molecule has 0 saturated carbocycles. The molecule has 31 heavy (non-hydrogen) atoms. The van der Waals surface area contributed by atoms with Crippen LogP contribution in [0.3, 0.4) is 0 Å². The summed E-state index contributed by atoms with van der Waals surface area (Å²) in [5, 5.41) is 40.0. The molecule has 1 saturated heterocycles. The molecule has 4 rings (SSSR count). The lowest BCUT2D eigenvalue weighted by atomic mass is 9.89. The van der Waals surface area contributed by atoms with Crippen molar-refractivity contribution >= 4 is 11.3 Å². The first-order valence-corrected chi connectivity index (χ1v) is 10.9. The lowest BCUT2D eigenvalue weighted by molar-refractivity contribution is -0.231. The molecule has 0 aliphatic carbocycles. The topological polar surface area (TPSA) is 90.2 Å². The molecule has 0 unspecified atom stereocenters. The summed E-state index contributed by atoms with van der Waals surface area (Å²) in [6, 6.07) is 16.2. The average molecular weight is 445 g/mol. The minimum absolute atomic E-state index is 0.263. The molecule has 1 aromatic heterocycles. The van der Waals surface area contributed by atoms with E-state index < -0.39 is 37.1 Å². The number of aliphatic hydroxyl groups excluding tert-OH is 4. The lowest BCUT2D eigenvalue weighted by Crippen LogP contribution is -2.55. The highest BCUT2D eigenvalue weighted by Gasteiger charge is 2.43. The number of benzene rings is 2. The normalized spacial score (nSPS) is 26.2. The molecule has 5 nitrogen and oxygen atoms in total. The van der Waals surface area contributed by atoms with Crippen molar-refractivity contribution in [3.8, 4) is 10.4 Å². The van der Waals surface area contributed by atoms with E-state index in [1.54, 1.807) is 23.5 Å². The molecule has 3 aromatic rings. The van der Waals surface area contributed by atoms with Gasteiger partial charge in [-0.15, -0.1) is 11.3 Å². The molecule has 4 N–H and O–H groups in total. The van der Waals surface area contributed by atoms with Crippen LogP contribution in [-0.2, 0) is 11.2 Å². The number of hydrogen-bond donors (Lipinski definition) is 4. The molecule has 2 heterocycles. The number of ether oxygens (including phenoxy) is 1. The highest BCUT2D eigenvalue weighted by Crippen LogP contribution is 2.35. The van der Waals surface area contributed by atoms with E-state index in [1.807, 2.05) is 37.3 Å². The Morgan fingerprint density at radius 2 is 1.68 bits per heavy atom. The Labute approximate surface area is 184 Å². The third kappa shape index (κ3) is 4.57. The summed E-state index contributed by atoms with van der Waals surface area (Å²) < 4.78 is 18.9. The maximum absolute atomic E-state index is 13.2. The van der Waals surface area contributed by atoms with Gasteiger partial charge in [0.2, 0.25) is 0 Å². The van der Waals surface area contributed by atoms with Crippen molar-refractivity contribution in [2.75, 3.05) is 6.61 Å². The Kier molecular flexibility index (Phi) is 6.52. The van der Waals surface area contributed by atoms with Gasteiger partial charge in [0.15, 0.2) is 0 Å². The molecule has 7 heteroatoms. The quantitative estimate of drug-likeness (QED) is 0.486. The van der Waals surface area contributed by atoms with Gasteiger partial charge in [-0.1, -0.05) is 30.3 Å². The Hall–Kier alpha value is -2.13. The van der Waals surface area contributed by atoms with Gasteiger partial charge in [-0.05, 0) is 53.4 Å². The van der Waals surface area contributed by atoms with Crippen LogP contribution in [0.2, 0.25) is 0 Å². The minimum Gasteiger partial charge on any atom is -0.394 e. The maximum atomic E-state index is 13.2. The van der Waals surface area contributed by atoms with Gasteiger partial charge >= 0.3 is 0 Å². The van der Waals surface area contributed by atoms with Crippen molar-refractivity contribution < 1.29 is 29.6 Å². The summed E-state index contributed by atoms with van der Waals surface area (Å²) >= 11 is 1.63. The fourth-order valence-electron chi connectivity index (χ4n) is 3.87. The number of halogens is 1. The van der Waals surface area contributed by atoms with E-state index in [2.05, 4.69) is 0 Å². The first-order valence-electron chi connectivity index (χ1n) is 10.1. The van der Waals surface area contributed by atoms with E-state index in [-0.39, 0.29) is 5.82 Å². The summed E-state index contributed by atoms with van der Waals surface area (Å²) in [5.74, 6) is -0.263. The monoisotopic (exact) mass is 444 g/mol. The number of hydrogen-bond acceptors (Lipinski definition) is 6. The van der Waals surface area contributed by atoms with Crippen LogP contribution in [-0.4, -0.2) is 51.4 Å². The van der Waals surface area contributed by atoms with Gasteiger partial charge in [0.1, 0.15) is 36.3 Å². The second-order valence-corrected chi connectivity index (χ2v) is 9.05. The van der Waals surface area contributed by atoms with E-state index in [1.165, 1.54) is 12.1 Å². The van der Waals surface area contributed by atoms with Crippen molar-refractivity contribution in [1.29, 1.82) is 0 Å². The summed E-state index contributed by atoms with van der Waals surface area (Å²) in [6.45, 7) is 1.54. The Balaban J connectivity index is 1.57. The summed E-state index contributed by atoms with van der Waals surface area (Å²) in [4.78, 5) is 2.19. The summed E-state index contributed by atoms with van der Waals surface area (Å²) in [7, 11) is 0. The molecule has 0 spiro atoms. The minimum atomic E-state index is -1.41. The zero-order valence-corrected chi connectivity index (χ0v) is 17.8. The van der Waals surface area contributed by atoms with Gasteiger partial charge in [-0.3, -0.25) is 0 Å². The summed E-state index contributed by atoms with van der Waals surface area (Å²) in [5.41, 5.74) is 3.75. The van der Waals surface area contributed by atoms with Gasteiger partial charge < -0.3 is 25.2 Å². The molecule has 0 radical (unpaired) electrons. The van der Waals surface area contributed by atoms with E-state index in [0.29, 0.717) is 12.0 Å². The first kappa shape index (κ1) is 22.1. The van der Waals surface area contributed by atoms with Crippen LogP contribution in [0.5, 0.6) is 0 Å². The first-order chi connectivity index (χ1) is 14.9. The molecule has 2 aromatic carbocycles. The van der Waals surface area contributed by atoms with Crippen molar-refractivity contribution in [2.45, 2.75) is 43.9 Å². The fraction of sp³-hybridized carbons (Fsp3) is 0.333. The van der Waals surface area contributed by atoms with Crippen molar-refractivity contribution in [1.82, 2.24) is 0 Å². The molecule has 0 bridgehead atoms. The predicted molar refractivity (Wildman–Crippen MR) is 116 cm³/mol. The smallest absolute Gasteiger partial charge is 0.123 e.